The van der Waals surface area contributed by atoms with Crippen LogP contribution >= 0.6 is 11.6 Å². The molecule has 1 aliphatic rings. The standard InChI is InChI=1S/C18H14ClNO3/c19-16-6-2-1-5-14(16)13-8-7-12-4-3-9-18(11-21,15(12)10-13)20-17(22)23/h1-3,5-11,20H,4H2,(H,22,23)/t18-/m1/s1. The maximum Gasteiger partial charge on any atom is 0.405 e. The minimum absolute atomic E-state index is 0.599. The molecule has 0 bridgehead atoms. The third-order valence-electron chi connectivity index (χ3n) is 3.96. The molecule has 3 rings (SSSR count). The van der Waals surface area contributed by atoms with Gasteiger partial charge in [-0.1, -0.05) is 54.1 Å². The van der Waals surface area contributed by atoms with E-state index >= 15 is 0 Å². The summed E-state index contributed by atoms with van der Waals surface area (Å²) in [6, 6.07) is 13.0. The average Bonchev–Trinajstić information content (AvgIpc) is 2.55. The van der Waals surface area contributed by atoms with Gasteiger partial charge in [0.1, 0.15) is 5.54 Å². The van der Waals surface area contributed by atoms with Gasteiger partial charge < -0.3 is 10.4 Å². The first-order valence-electron chi connectivity index (χ1n) is 7.09. The highest BCUT2D eigenvalue weighted by Gasteiger charge is 2.35. The van der Waals surface area contributed by atoms with Crippen molar-refractivity contribution in [2.45, 2.75) is 12.0 Å². The summed E-state index contributed by atoms with van der Waals surface area (Å²) in [6.45, 7) is 0. The maximum absolute atomic E-state index is 11.7. The van der Waals surface area contributed by atoms with Crippen molar-refractivity contribution in [2.75, 3.05) is 0 Å². The molecule has 0 saturated carbocycles. The van der Waals surface area contributed by atoms with Gasteiger partial charge in [-0.3, -0.25) is 4.79 Å². The van der Waals surface area contributed by atoms with Gasteiger partial charge in [0.15, 0.2) is 6.29 Å². The lowest BCUT2D eigenvalue weighted by molar-refractivity contribution is -0.112. The number of aldehydes is 1. The Morgan fingerprint density at radius 3 is 2.74 bits per heavy atom. The summed E-state index contributed by atoms with van der Waals surface area (Å²) in [6.07, 6.45) is 3.40. The topological polar surface area (TPSA) is 66.4 Å². The van der Waals surface area contributed by atoms with Gasteiger partial charge in [-0.25, -0.2) is 4.79 Å². The molecule has 0 radical (unpaired) electrons. The molecule has 116 valence electrons. The number of carbonyl (C=O) groups excluding carboxylic acids is 1. The molecule has 1 aliphatic carbocycles. The van der Waals surface area contributed by atoms with Crippen LogP contribution in [0.5, 0.6) is 0 Å². The molecule has 0 fully saturated rings. The molecule has 23 heavy (non-hydrogen) atoms. The van der Waals surface area contributed by atoms with E-state index < -0.39 is 11.6 Å². The Kier molecular flexibility index (Phi) is 3.92. The van der Waals surface area contributed by atoms with Gasteiger partial charge in [0.25, 0.3) is 0 Å². The summed E-state index contributed by atoms with van der Waals surface area (Å²) in [5.41, 5.74) is 1.85. The van der Waals surface area contributed by atoms with Crippen molar-refractivity contribution < 1.29 is 14.7 Å². The average molecular weight is 328 g/mol. The number of amides is 1. The van der Waals surface area contributed by atoms with Gasteiger partial charge in [0, 0.05) is 10.6 Å². The van der Waals surface area contributed by atoms with Crippen molar-refractivity contribution in [3.05, 3.63) is 70.8 Å². The Bertz CT molecular complexity index is 816. The zero-order valence-corrected chi connectivity index (χ0v) is 12.9. The molecular weight excluding hydrogens is 314 g/mol. The molecule has 0 aliphatic heterocycles. The molecule has 0 spiro atoms. The van der Waals surface area contributed by atoms with Crippen LogP contribution in [0.1, 0.15) is 11.1 Å². The first kappa shape index (κ1) is 15.3. The van der Waals surface area contributed by atoms with Crippen LogP contribution in [0.2, 0.25) is 5.02 Å². The van der Waals surface area contributed by atoms with E-state index in [-0.39, 0.29) is 0 Å². The smallest absolute Gasteiger partial charge is 0.405 e. The van der Waals surface area contributed by atoms with Gasteiger partial charge >= 0.3 is 6.09 Å². The molecule has 2 aromatic rings. The minimum Gasteiger partial charge on any atom is -0.465 e. The largest absolute Gasteiger partial charge is 0.465 e. The van der Waals surface area contributed by atoms with Crippen molar-refractivity contribution in [1.29, 1.82) is 0 Å². The highest BCUT2D eigenvalue weighted by Crippen LogP contribution is 2.35. The molecule has 4 nitrogen and oxygen atoms in total. The lowest BCUT2D eigenvalue weighted by atomic mass is 9.80. The highest BCUT2D eigenvalue weighted by molar-refractivity contribution is 6.33. The van der Waals surface area contributed by atoms with Crippen molar-refractivity contribution in [3.8, 4) is 11.1 Å². The zero-order chi connectivity index (χ0) is 16.4. The van der Waals surface area contributed by atoms with Crippen molar-refractivity contribution in [3.63, 3.8) is 0 Å². The van der Waals surface area contributed by atoms with Gasteiger partial charge in [0.05, 0.1) is 0 Å². The van der Waals surface area contributed by atoms with Gasteiger partial charge in [-0.2, -0.15) is 0 Å². The van der Waals surface area contributed by atoms with Crippen molar-refractivity contribution in [2.24, 2.45) is 0 Å². The molecule has 2 N–H and O–H groups in total. The molecule has 0 unspecified atom stereocenters. The third-order valence-corrected chi connectivity index (χ3v) is 4.29. The first-order valence-corrected chi connectivity index (χ1v) is 7.47. The lowest BCUT2D eigenvalue weighted by Gasteiger charge is -2.30. The number of hydrogen-bond acceptors (Lipinski definition) is 2. The number of benzene rings is 2. The van der Waals surface area contributed by atoms with E-state index in [0.717, 1.165) is 16.7 Å². The van der Waals surface area contributed by atoms with E-state index in [1.807, 2.05) is 36.4 Å². The monoisotopic (exact) mass is 327 g/mol. The summed E-state index contributed by atoms with van der Waals surface area (Å²) >= 11 is 6.24. The van der Waals surface area contributed by atoms with E-state index in [1.54, 1.807) is 18.2 Å². The number of allylic oxidation sites excluding steroid dienone is 1. The molecule has 5 heteroatoms. The number of nitrogens with one attached hydrogen (secondary N) is 1. The summed E-state index contributed by atoms with van der Waals surface area (Å²) in [4.78, 5) is 22.8. The third kappa shape index (κ3) is 2.73. The van der Waals surface area contributed by atoms with E-state index in [4.69, 9.17) is 16.7 Å². The number of fused-ring (bicyclic) bond motifs is 1. The number of halogens is 1. The Hall–Kier alpha value is -2.59. The van der Waals surface area contributed by atoms with Crippen LogP contribution in [-0.2, 0) is 16.8 Å². The van der Waals surface area contributed by atoms with Crippen LogP contribution in [0.4, 0.5) is 4.79 Å². The Morgan fingerprint density at radius 2 is 2.04 bits per heavy atom. The van der Waals surface area contributed by atoms with Gasteiger partial charge in [0.2, 0.25) is 0 Å². The van der Waals surface area contributed by atoms with Crippen LogP contribution in [0.25, 0.3) is 11.1 Å². The van der Waals surface area contributed by atoms with Crippen molar-refractivity contribution in [1.82, 2.24) is 5.32 Å². The second-order valence-corrected chi connectivity index (χ2v) is 5.78. The Labute approximate surface area is 138 Å². The van der Waals surface area contributed by atoms with Crippen molar-refractivity contribution >= 4 is 24.0 Å². The minimum atomic E-state index is -1.36. The molecule has 1 atom stereocenters. The van der Waals surface area contributed by atoms with E-state index in [0.29, 0.717) is 23.3 Å². The zero-order valence-electron chi connectivity index (χ0n) is 12.1. The number of carboxylic acid groups (broad SMARTS) is 1. The number of carbonyl (C=O) groups is 2. The van der Waals surface area contributed by atoms with Crippen LogP contribution in [0, 0.1) is 0 Å². The number of hydrogen-bond donors (Lipinski definition) is 2. The maximum atomic E-state index is 11.7. The van der Waals surface area contributed by atoms with Gasteiger partial charge in [-0.15, -0.1) is 0 Å². The molecule has 0 aromatic heterocycles. The van der Waals surface area contributed by atoms with Gasteiger partial charge in [-0.05, 0) is 35.2 Å². The second-order valence-electron chi connectivity index (χ2n) is 5.38. The summed E-state index contributed by atoms with van der Waals surface area (Å²) < 4.78 is 0. The van der Waals surface area contributed by atoms with E-state index in [2.05, 4.69) is 5.32 Å². The quantitative estimate of drug-likeness (QED) is 0.666. The fourth-order valence-electron chi connectivity index (χ4n) is 2.88. The normalized spacial score (nSPS) is 19.0. The van der Waals surface area contributed by atoms with E-state index in [1.165, 1.54) is 0 Å². The first-order chi connectivity index (χ1) is 11.1. The summed E-state index contributed by atoms with van der Waals surface area (Å²) in [5.74, 6) is 0. The molecule has 0 heterocycles. The highest BCUT2D eigenvalue weighted by atomic mass is 35.5. The molecule has 2 aromatic carbocycles. The van der Waals surface area contributed by atoms with Crippen LogP contribution < -0.4 is 5.32 Å². The molecule has 0 saturated heterocycles. The SMILES string of the molecule is O=C[C@]1(NC(=O)O)C=CCc2ccc(-c3ccccc3Cl)cc21. The Balaban J connectivity index is 2.17. The fourth-order valence-corrected chi connectivity index (χ4v) is 3.13. The van der Waals surface area contributed by atoms with Crippen LogP contribution in [0.15, 0.2) is 54.6 Å². The summed E-state index contributed by atoms with van der Waals surface area (Å²) in [5, 5.41) is 12.0. The molecule has 1 amide bonds. The molecular formula is C18H14ClNO3. The predicted molar refractivity (Wildman–Crippen MR) is 88.6 cm³/mol. The predicted octanol–water partition coefficient (Wildman–Crippen LogP) is 3.78. The van der Waals surface area contributed by atoms with Crippen LogP contribution in [0.3, 0.4) is 0 Å². The lowest BCUT2D eigenvalue weighted by Crippen LogP contribution is -2.46. The van der Waals surface area contributed by atoms with Crippen LogP contribution in [-0.4, -0.2) is 17.5 Å². The summed E-state index contributed by atoms with van der Waals surface area (Å²) in [7, 11) is 0. The number of rotatable bonds is 3. The fraction of sp³-hybridized carbons (Fsp3) is 0.111. The second kappa shape index (κ2) is 5.89. The van der Waals surface area contributed by atoms with E-state index in [9.17, 15) is 9.59 Å². The Morgan fingerprint density at radius 1 is 1.26 bits per heavy atom.